The number of piperidine rings is 1. The quantitative estimate of drug-likeness (QED) is 0.761. The summed E-state index contributed by atoms with van der Waals surface area (Å²) in [4.78, 5) is 16.4. The Labute approximate surface area is 152 Å². The van der Waals surface area contributed by atoms with E-state index in [0.29, 0.717) is 11.6 Å². The molecule has 0 spiro atoms. The first kappa shape index (κ1) is 16.8. The number of thiophene rings is 1. The average molecular weight is 359 g/mol. The molecule has 3 N–H and O–H groups in total. The van der Waals surface area contributed by atoms with E-state index < -0.39 is 0 Å². The van der Waals surface area contributed by atoms with Crippen molar-refractivity contribution >= 4 is 17.2 Å². The van der Waals surface area contributed by atoms with Crippen molar-refractivity contribution < 1.29 is 4.79 Å². The van der Waals surface area contributed by atoms with Crippen LogP contribution in [0.4, 0.5) is 0 Å². The predicted molar refractivity (Wildman–Crippen MR) is 98.7 cm³/mol. The Kier molecular flexibility index (Phi) is 5.14. The summed E-state index contributed by atoms with van der Waals surface area (Å²) >= 11 is 1.83. The third-order valence-electron chi connectivity index (χ3n) is 5.24. The van der Waals surface area contributed by atoms with Crippen molar-refractivity contribution in [2.75, 3.05) is 26.2 Å². The number of likely N-dealkylation sites (tertiary alicyclic amines) is 1. The molecule has 2 aromatic heterocycles. The van der Waals surface area contributed by atoms with Gasteiger partial charge in [-0.05, 0) is 43.3 Å². The number of fused-ring (bicyclic) bond motifs is 1. The highest BCUT2D eigenvalue weighted by atomic mass is 32.1. The molecular weight excluding hydrogens is 334 g/mol. The maximum atomic E-state index is 12.5. The maximum Gasteiger partial charge on any atom is 0.272 e. The molecule has 4 heterocycles. The molecule has 0 saturated carbocycles. The molecule has 25 heavy (non-hydrogen) atoms. The molecule has 1 amide bonds. The van der Waals surface area contributed by atoms with E-state index in [0.717, 1.165) is 69.8 Å². The van der Waals surface area contributed by atoms with Gasteiger partial charge in [0.05, 0.1) is 0 Å². The number of aromatic amines is 1. The van der Waals surface area contributed by atoms with Gasteiger partial charge in [0.1, 0.15) is 0 Å². The van der Waals surface area contributed by atoms with Crippen molar-refractivity contribution in [2.24, 2.45) is 5.92 Å². The summed E-state index contributed by atoms with van der Waals surface area (Å²) in [5.74, 6) is 0.527. The minimum atomic E-state index is -0.0396. The molecule has 1 saturated heterocycles. The molecular formula is C18H25N5OS. The number of aromatic nitrogens is 2. The van der Waals surface area contributed by atoms with Gasteiger partial charge in [0.15, 0.2) is 5.69 Å². The summed E-state index contributed by atoms with van der Waals surface area (Å²) in [6, 6.07) is 4.32. The number of H-pyrrole nitrogens is 1. The van der Waals surface area contributed by atoms with Crippen LogP contribution in [0.15, 0.2) is 17.5 Å². The van der Waals surface area contributed by atoms with Crippen molar-refractivity contribution in [3.63, 3.8) is 0 Å². The number of carbonyl (C=O) groups excluding carboxylic acids is 1. The molecule has 0 aliphatic carbocycles. The van der Waals surface area contributed by atoms with E-state index in [9.17, 15) is 4.79 Å². The summed E-state index contributed by atoms with van der Waals surface area (Å²) in [5, 5.41) is 15.8. The van der Waals surface area contributed by atoms with Crippen LogP contribution >= 0.6 is 11.3 Å². The molecule has 2 aromatic rings. The lowest BCUT2D eigenvalue weighted by Gasteiger charge is -2.31. The Morgan fingerprint density at radius 3 is 3.08 bits per heavy atom. The van der Waals surface area contributed by atoms with Crippen LogP contribution in [0.2, 0.25) is 0 Å². The standard InChI is InChI=1S/C18H25N5OS/c24-18(17-15-11-19-6-3-16(15)21-22-17)20-10-13-4-7-23(8-5-13)12-14-2-1-9-25-14/h1-2,9,13,19H,3-8,10-12H2,(H,20,24)(H,21,22). The summed E-state index contributed by atoms with van der Waals surface area (Å²) in [7, 11) is 0. The summed E-state index contributed by atoms with van der Waals surface area (Å²) in [6.07, 6.45) is 3.20. The topological polar surface area (TPSA) is 73.0 Å². The molecule has 0 atom stereocenters. The van der Waals surface area contributed by atoms with Gasteiger partial charge in [-0.25, -0.2) is 0 Å². The fourth-order valence-corrected chi connectivity index (χ4v) is 4.45. The van der Waals surface area contributed by atoms with Gasteiger partial charge in [-0.15, -0.1) is 11.3 Å². The predicted octanol–water partition coefficient (Wildman–Crippen LogP) is 1.76. The number of nitrogens with one attached hydrogen (secondary N) is 3. The Balaban J connectivity index is 1.24. The third-order valence-corrected chi connectivity index (χ3v) is 6.10. The van der Waals surface area contributed by atoms with Crippen LogP contribution in [0.5, 0.6) is 0 Å². The minimum Gasteiger partial charge on any atom is -0.350 e. The fourth-order valence-electron chi connectivity index (χ4n) is 3.71. The SMILES string of the molecule is O=C(NCC1CCN(Cc2cccs2)CC1)c1n[nH]c2c1CNCC2. The molecule has 7 heteroatoms. The molecule has 0 bridgehead atoms. The molecule has 4 rings (SSSR count). The number of nitrogens with zero attached hydrogens (tertiary/aromatic N) is 2. The van der Waals surface area contributed by atoms with Gasteiger partial charge in [-0.2, -0.15) is 5.10 Å². The lowest BCUT2D eigenvalue weighted by atomic mass is 9.96. The number of hydrogen-bond acceptors (Lipinski definition) is 5. The second-order valence-corrected chi connectivity index (χ2v) is 8.00. The van der Waals surface area contributed by atoms with Crippen molar-refractivity contribution in [3.05, 3.63) is 39.3 Å². The Hall–Kier alpha value is -1.70. The zero-order chi connectivity index (χ0) is 17.1. The fraction of sp³-hybridized carbons (Fsp3) is 0.556. The van der Waals surface area contributed by atoms with E-state index in [1.54, 1.807) is 0 Å². The van der Waals surface area contributed by atoms with Crippen molar-refractivity contribution in [2.45, 2.75) is 32.4 Å². The van der Waals surface area contributed by atoms with Crippen LogP contribution < -0.4 is 10.6 Å². The van der Waals surface area contributed by atoms with E-state index in [1.165, 1.54) is 4.88 Å². The van der Waals surface area contributed by atoms with Gasteiger partial charge >= 0.3 is 0 Å². The maximum absolute atomic E-state index is 12.5. The minimum absolute atomic E-state index is 0.0396. The first-order chi connectivity index (χ1) is 12.3. The number of carbonyl (C=O) groups is 1. The zero-order valence-corrected chi connectivity index (χ0v) is 15.2. The van der Waals surface area contributed by atoms with E-state index >= 15 is 0 Å². The normalized spacial score (nSPS) is 18.9. The largest absolute Gasteiger partial charge is 0.350 e. The highest BCUT2D eigenvalue weighted by Crippen LogP contribution is 2.20. The highest BCUT2D eigenvalue weighted by molar-refractivity contribution is 7.09. The first-order valence-electron chi connectivity index (χ1n) is 9.09. The molecule has 0 aromatic carbocycles. The van der Waals surface area contributed by atoms with Gasteiger partial charge in [0, 0.05) is 48.7 Å². The molecule has 0 radical (unpaired) electrons. The monoisotopic (exact) mass is 359 g/mol. The smallest absolute Gasteiger partial charge is 0.272 e. The molecule has 6 nitrogen and oxygen atoms in total. The van der Waals surface area contributed by atoms with Gasteiger partial charge < -0.3 is 10.6 Å². The van der Waals surface area contributed by atoms with Gasteiger partial charge in [-0.1, -0.05) is 6.07 Å². The van der Waals surface area contributed by atoms with E-state index in [4.69, 9.17) is 0 Å². The second kappa shape index (κ2) is 7.68. The van der Waals surface area contributed by atoms with E-state index in [-0.39, 0.29) is 5.91 Å². The average Bonchev–Trinajstić information content (AvgIpc) is 3.30. The summed E-state index contributed by atoms with van der Waals surface area (Å²) < 4.78 is 0. The first-order valence-corrected chi connectivity index (χ1v) is 9.97. The van der Waals surface area contributed by atoms with E-state index in [1.807, 2.05) is 11.3 Å². The summed E-state index contributed by atoms with van der Waals surface area (Å²) in [5.41, 5.74) is 2.71. The molecule has 134 valence electrons. The van der Waals surface area contributed by atoms with Crippen LogP contribution in [0.1, 0.15) is 39.5 Å². The Bertz CT molecular complexity index is 703. The summed E-state index contributed by atoms with van der Waals surface area (Å²) in [6.45, 7) is 5.71. The molecule has 0 unspecified atom stereocenters. The number of amides is 1. The number of rotatable bonds is 5. The number of hydrogen-bond donors (Lipinski definition) is 3. The lowest BCUT2D eigenvalue weighted by Crippen LogP contribution is -2.38. The zero-order valence-electron chi connectivity index (χ0n) is 14.4. The Morgan fingerprint density at radius 2 is 2.28 bits per heavy atom. The van der Waals surface area contributed by atoms with Crippen molar-refractivity contribution in [1.82, 2.24) is 25.7 Å². The lowest BCUT2D eigenvalue weighted by molar-refractivity contribution is 0.0929. The van der Waals surface area contributed by atoms with E-state index in [2.05, 4.69) is 43.2 Å². The molecule has 2 aliphatic heterocycles. The van der Waals surface area contributed by atoms with Crippen LogP contribution in [-0.4, -0.2) is 47.2 Å². The van der Waals surface area contributed by atoms with Gasteiger partial charge in [0.2, 0.25) is 0 Å². The Morgan fingerprint density at radius 1 is 1.40 bits per heavy atom. The van der Waals surface area contributed by atoms with Gasteiger partial charge in [0.25, 0.3) is 5.91 Å². The van der Waals surface area contributed by atoms with Crippen LogP contribution in [0, 0.1) is 5.92 Å². The molecule has 2 aliphatic rings. The van der Waals surface area contributed by atoms with Crippen LogP contribution in [0.25, 0.3) is 0 Å². The van der Waals surface area contributed by atoms with Crippen molar-refractivity contribution in [1.29, 1.82) is 0 Å². The van der Waals surface area contributed by atoms with Crippen LogP contribution in [-0.2, 0) is 19.5 Å². The van der Waals surface area contributed by atoms with Gasteiger partial charge in [-0.3, -0.25) is 14.8 Å². The third kappa shape index (κ3) is 3.94. The van der Waals surface area contributed by atoms with Crippen molar-refractivity contribution in [3.8, 4) is 0 Å². The molecule has 1 fully saturated rings. The van der Waals surface area contributed by atoms with Crippen LogP contribution in [0.3, 0.4) is 0 Å². The second-order valence-electron chi connectivity index (χ2n) is 6.97. The highest BCUT2D eigenvalue weighted by Gasteiger charge is 2.23.